The number of sulfonamides is 1. The number of hydrogen-bond donors (Lipinski definition) is 1. The van der Waals surface area contributed by atoms with Crippen molar-refractivity contribution >= 4 is 10.0 Å². The lowest BCUT2D eigenvalue weighted by atomic mass is 10.1. The van der Waals surface area contributed by atoms with E-state index in [0.29, 0.717) is 19.1 Å². The summed E-state index contributed by atoms with van der Waals surface area (Å²) in [5, 5.41) is 3.56. The quantitative estimate of drug-likeness (QED) is 0.784. The molecule has 1 aromatic carbocycles. The van der Waals surface area contributed by atoms with Gasteiger partial charge < -0.3 is 5.32 Å². The van der Waals surface area contributed by atoms with Crippen LogP contribution in [0.15, 0.2) is 30.3 Å². The summed E-state index contributed by atoms with van der Waals surface area (Å²) in [6.07, 6.45) is 6.64. The molecule has 0 unspecified atom stereocenters. The fourth-order valence-electron chi connectivity index (χ4n) is 2.80. The lowest BCUT2D eigenvalue weighted by Gasteiger charge is -2.30. The Labute approximate surface area is 128 Å². The maximum absolute atomic E-state index is 11.4. The van der Waals surface area contributed by atoms with Gasteiger partial charge in [0, 0.05) is 19.1 Å². The van der Waals surface area contributed by atoms with Crippen molar-refractivity contribution < 1.29 is 8.42 Å². The van der Waals surface area contributed by atoms with Gasteiger partial charge in [0.05, 0.1) is 6.26 Å². The Morgan fingerprint density at radius 2 is 1.81 bits per heavy atom. The Balaban J connectivity index is 1.56. The highest BCUT2D eigenvalue weighted by Crippen LogP contribution is 2.13. The van der Waals surface area contributed by atoms with Crippen LogP contribution in [0.5, 0.6) is 0 Å². The highest BCUT2D eigenvalue weighted by molar-refractivity contribution is 7.88. The van der Waals surface area contributed by atoms with E-state index >= 15 is 0 Å². The monoisotopic (exact) mass is 310 g/mol. The molecule has 0 atom stereocenters. The molecule has 0 saturated carbocycles. The Morgan fingerprint density at radius 1 is 1.14 bits per heavy atom. The molecule has 0 aliphatic carbocycles. The van der Waals surface area contributed by atoms with Gasteiger partial charge in [0.2, 0.25) is 10.0 Å². The largest absolute Gasteiger partial charge is 0.314 e. The SMILES string of the molecule is CS(=O)(=O)N1CCC(NCCCCc2ccccc2)CC1. The van der Waals surface area contributed by atoms with Crippen molar-refractivity contribution in [2.75, 3.05) is 25.9 Å². The number of unbranched alkanes of at least 4 members (excludes halogenated alkanes) is 1. The van der Waals surface area contributed by atoms with Crippen LogP contribution in [-0.2, 0) is 16.4 Å². The van der Waals surface area contributed by atoms with Gasteiger partial charge in [0.15, 0.2) is 0 Å². The predicted octanol–water partition coefficient (Wildman–Crippen LogP) is 2.02. The van der Waals surface area contributed by atoms with Crippen LogP contribution < -0.4 is 5.32 Å². The van der Waals surface area contributed by atoms with Gasteiger partial charge in [0.1, 0.15) is 0 Å². The molecule has 1 heterocycles. The van der Waals surface area contributed by atoms with Gasteiger partial charge in [-0.1, -0.05) is 30.3 Å². The summed E-state index contributed by atoms with van der Waals surface area (Å²) in [5.41, 5.74) is 1.40. The van der Waals surface area contributed by atoms with E-state index in [4.69, 9.17) is 0 Å². The van der Waals surface area contributed by atoms with E-state index in [9.17, 15) is 8.42 Å². The molecule has 1 aliphatic heterocycles. The van der Waals surface area contributed by atoms with Crippen LogP contribution in [0.3, 0.4) is 0 Å². The maximum atomic E-state index is 11.4. The third-order valence-corrected chi connectivity index (χ3v) is 5.39. The van der Waals surface area contributed by atoms with E-state index in [1.165, 1.54) is 24.7 Å². The summed E-state index contributed by atoms with van der Waals surface area (Å²) in [7, 11) is -3.00. The molecule has 1 N–H and O–H groups in total. The molecule has 1 fully saturated rings. The number of benzene rings is 1. The third-order valence-electron chi connectivity index (χ3n) is 4.09. The summed E-state index contributed by atoms with van der Waals surface area (Å²) in [5.74, 6) is 0. The summed E-state index contributed by atoms with van der Waals surface area (Å²) < 4.78 is 24.4. The second-order valence-corrected chi connectivity index (χ2v) is 7.82. The molecule has 1 saturated heterocycles. The molecule has 4 nitrogen and oxygen atoms in total. The van der Waals surface area contributed by atoms with E-state index in [2.05, 4.69) is 29.6 Å². The third kappa shape index (κ3) is 5.77. The molecule has 1 aliphatic rings. The lowest BCUT2D eigenvalue weighted by molar-refractivity contribution is 0.290. The Morgan fingerprint density at radius 3 is 2.43 bits per heavy atom. The second kappa shape index (κ2) is 7.92. The minimum Gasteiger partial charge on any atom is -0.314 e. The molecule has 0 aromatic heterocycles. The number of piperidine rings is 1. The van der Waals surface area contributed by atoms with Crippen LogP contribution >= 0.6 is 0 Å². The molecule has 0 spiro atoms. The van der Waals surface area contributed by atoms with Crippen molar-refractivity contribution in [1.29, 1.82) is 0 Å². The van der Waals surface area contributed by atoms with Gasteiger partial charge in [-0.3, -0.25) is 0 Å². The van der Waals surface area contributed by atoms with Crippen molar-refractivity contribution in [2.45, 2.75) is 38.1 Å². The molecule has 0 bridgehead atoms. The standard InChI is InChI=1S/C16H26N2O2S/c1-21(19,20)18-13-10-16(11-14-18)17-12-6-5-9-15-7-3-2-4-8-15/h2-4,7-8,16-17H,5-6,9-14H2,1H3. The summed E-state index contributed by atoms with van der Waals surface area (Å²) in [4.78, 5) is 0. The lowest BCUT2D eigenvalue weighted by Crippen LogP contribution is -2.44. The van der Waals surface area contributed by atoms with Crippen molar-refractivity contribution in [3.8, 4) is 0 Å². The Kier molecular flexibility index (Phi) is 6.21. The Bertz CT molecular complexity index is 508. The topological polar surface area (TPSA) is 49.4 Å². The zero-order chi connectivity index (χ0) is 15.1. The van der Waals surface area contributed by atoms with Crippen LogP contribution in [0.4, 0.5) is 0 Å². The van der Waals surface area contributed by atoms with E-state index < -0.39 is 10.0 Å². The fraction of sp³-hybridized carbons (Fsp3) is 0.625. The van der Waals surface area contributed by atoms with Crippen LogP contribution in [0.25, 0.3) is 0 Å². The van der Waals surface area contributed by atoms with Crippen molar-refractivity contribution in [3.63, 3.8) is 0 Å². The minimum atomic E-state index is -3.00. The zero-order valence-electron chi connectivity index (χ0n) is 12.8. The van der Waals surface area contributed by atoms with Gasteiger partial charge >= 0.3 is 0 Å². The highest BCUT2D eigenvalue weighted by atomic mass is 32.2. The van der Waals surface area contributed by atoms with E-state index in [-0.39, 0.29) is 0 Å². The molecule has 118 valence electrons. The minimum absolute atomic E-state index is 0.472. The number of rotatable bonds is 7. The predicted molar refractivity (Wildman–Crippen MR) is 86.8 cm³/mol. The smallest absolute Gasteiger partial charge is 0.211 e. The second-order valence-electron chi connectivity index (χ2n) is 5.83. The molecular formula is C16H26N2O2S. The molecule has 2 rings (SSSR count). The first-order valence-electron chi connectivity index (χ1n) is 7.78. The average Bonchev–Trinajstić information content (AvgIpc) is 2.47. The molecule has 5 heteroatoms. The van der Waals surface area contributed by atoms with Gasteiger partial charge in [-0.25, -0.2) is 12.7 Å². The number of nitrogens with zero attached hydrogens (tertiary/aromatic N) is 1. The summed E-state index contributed by atoms with van der Waals surface area (Å²) in [6, 6.07) is 11.0. The normalized spacial score (nSPS) is 18.0. The van der Waals surface area contributed by atoms with Crippen LogP contribution in [0.1, 0.15) is 31.2 Å². The Hall–Kier alpha value is -0.910. The molecular weight excluding hydrogens is 284 g/mol. The van der Waals surface area contributed by atoms with Crippen LogP contribution in [0.2, 0.25) is 0 Å². The maximum Gasteiger partial charge on any atom is 0.211 e. The van der Waals surface area contributed by atoms with Crippen molar-refractivity contribution in [2.24, 2.45) is 0 Å². The van der Waals surface area contributed by atoms with Crippen molar-refractivity contribution in [1.82, 2.24) is 9.62 Å². The van der Waals surface area contributed by atoms with E-state index in [1.807, 2.05) is 6.07 Å². The van der Waals surface area contributed by atoms with Gasteiger partial charge in [-0.2, -0.15) is 0 Å². The number of hydrogen-bond acceptors (Lipinski definition) is 3. The van der Waals surface area contributed by atoms with Crippen LogP contribution in [0, 0.1) is 0 Å². The van der Waals surface area contributed by atoms with Crippen LogP contribution in [-0.4, -0.2) is 44.7 Å². The highest BCUT2D eigenvalue weighted by Gasteiger charge is 2.24. The van der Waals surface area contributed by atoms with Gasteiger partial charge in [0.25, 0.3) is 0 Å². The zero-order valence-corrected chi connectivity index (χ0v) is 13.6. The van der Waals surface area contributed by atoms with E-state index in [1.54, 1.807) is 4.31 Å². The number of nitrogens with one attached hydrogen (secondary N) is 1. The molecule has 0 amide bonds. The summed E-state index contributed by atoms with van der Waals surface area (Å²) >= 11 is 0. The van der Waals surface area contributed by atoms with Gasteiger partial charge in [-0.15, -0.1) is 0 Å². The van der Waals surface area contributed by atoms with Gasteiger partial charge in [-0.05, 0) is 44.2 Å². The average molecular weight is 310 g/mol. The molecule has 0 radical (unpaired) electrons. The first kappa shape index (κ1) is 16.5. The first-order valence-corrected chi connectivity index (χ1v) is 9.63. The first-order chi connectivity index (χ1) is 10.1. The fourth-order valence-corrected chi connectivity index (χ4v) is 3.67. The molecule has 21 heavy (non-hydrogen) atoms. The number of aryl methyl sites for hydroxylation is 1. The van der Waals surface area contributed by atoms with Crippen molar-refractivity contribution in [3.05, 3.63) is 35.9 Å². The van der Waals surface area contributed by atoms with E-state index in [0.717, 1.165) is 25.8 Å². The summed E-state index contributed by atoms with van der Waals surface area (Å²) in [6.45, 7) is 2.33. The molecule has 1 aromatic rings.